The Morgan fingerprint density at radius 3 is 1.64 bits per heavy atom. The van der Waals surface area contributed by atoms with E-state index in [4.69, 9.17) is 13.0 Å². The van der Waals surface area contributed by atoms with Gasteiger partial charge in [-0.25, -0.2) is 8.42 Å². The van der Waals surface area contributed by atoms with Crippen molar-refractivity contribution >= 4 is 16.7 Å². The fourth-order valence-electron chi connectivity index (χ4n) is 0.875. The molecule has 0 radical (unpaired) electrons. The lowest BCUT2D eigenvalue weighted by Gasteiger charge is -2.22. The van der Waals surface area contributed by atoms with Crippen molar-refractivity contribution in [1.29, 1.82) is 0 Å². The largest absolute Gasteiger partial charge is 0.298 e. The van der Waals surface area contributed by atoms with Crippen LogP contribution >= 0.6 is 0 Å². The monoisotopic (exact) mass is 218 g/mol. The molecule has 1 N–H and O–H groups in total. The highest BCUT2D eigenvalue weighted by atomic mass is 32.2. The average Bonchev–Trinajstić information content (AvgIpc) is 2.03. The zero-order chi connectivity index (χ0) is 11.2. The molecule has 0 saturated heterocycles. The van der Waals surface area contributed by atoms with E-state index >= 15 is 0 Å². The van der Waals surface area contributed by atoms with Crippen molar-refractivity contribution in [2.75, 3.05) is 21.1 Å². The number of thiol groups is 1. The lowest BCUT2D eigenvalue weighted by atomic mass is 10.3. The van der Waals surface area contributed by atoms with Crippen molar-refractivity contribution in [3.05, 3.63) is 30.3 Å². The van der Waals surface area contributed by atoms with Gasteiger partial charge < -0.3 is 0 Å². The number of para-hydroxylation sites is 1. The van der Waals surface area contributed by atoms with E-state index in [0.29, 0.717) is 0 Å². The van der Waals surface area contributed by atoms with Gasteiger partial charge in [-0.3, -0.25) is 9.04 Å². The van der Waals surface area contributed by atoms with Crippen molar-refractivity contribution in [3.8, 4) is 0 Å². The van der Waals surface area contributed by atoms with Gasteiger partial charge in [-0.2, -0.15) is 0 Å². The Morgan fingerprint density at radius 2 is 1.43 bits per heavy atom. The standard InChI is InChI=1S/C9H14N.H2O3S/c1-10(2,3)9-7-5-4-6-8-9;1-4(2)3/h4-8H,1-3H3;4H,(H,1,2,3)/q+1;. The van der Waals surface area contributed by atoms with Crippen LogP contribution in [0.25, 0.3) is 0 Å². The molecule has 0 spiro atoms. The van der Waals surface area contributed by atoms with Crippen LogP contribution in [0.1, 0.15) is 0 Å². The van der Waals surface area contributed by atoms with Crippen molar-refractivity contribution in [3.63, 3.8) is 0 Å². The third kappa shape index (κ3) is 6.59. The Kier molecular flexibility index (Phi) is 5.37. The Balaban J connectivity index is 0.000000364. The summed E-state index contributed by atoms with van der Waals surface area (Å²) >= 11 is 0. The van der Waals surface area contributed by atoms with E-state index in [1.54, 1.807) is 0 Å². The van der Waals surface area contributed by atoms with Crippen LogP contribution in [-0.2, 0) is 11.0 Å². The van der Waals surface area contributed by atoms with E-state index in [-0.39, 0.29) is 0 Å². The van der Waals surface area contributed by atoms with E-state index in [0.717, 1.165) is 4.48 Å². The summed E-state index contributed by atoms with van der Waals surface area (Å²) in [5.41, 5.74) is 1.34. The second kappa shape index (κ2) is 5.74. The molecule has 5 heteroatoms. The van der Waals surface area contributed by atoms with Crippen molar-refractivity contribution in [1.82, 2.24) is 4.48 Å². The molecular formula is C9H16NO3S+. The molecule has 0 unspecified atom stereocenters. The number of quaternary nitrogens is 1. The topological polar surface area (TPSA) is 54.4 Å². The van der Waals surface area contributed by atoms with Crippen LogP contribution in [0.2, 0.25) is 0 Å². The average molecular weight is 218 g/mol. The summed E-state index contributed by atoms with van der Waals surface area (Å²) in [6.45, 7) is 0. The quantitative estimate of drug-likeness (QED) is 0.419. The molecule has 0 saturated carbocycles. The molecule has 80 valence electrons. The molecule has 0 aliphatic carbocycles. The van der Waals surface area contributed by atoms with Crippen LogP contribution in [0.3, 0.4) is 0 Å². The van der Waals surface area contributed by atoms with Crippen LogP contribution in [-0.4, -0.2) is 34.1 Å². The third-order valence-corrected chi connectivity index (χ3v) is 1.53. The van der Waals surface area contributed by atoms with Gasteiger partial charge in [-0.1, -0.05) is 18.2 Å². The molecule has 4 nitrogen and oxygen atoms in total. The molecule has 0 heterocycles. The number of hydrogen-bond donors (Lipinski definition) is 2. The molecule has 14 heavy (non-hydrogen) atoms. The lowest BCUT2D eigenvalue weighted by molar-refractivity contribution is 0.486. The number of rotatable bonds is 1. The molecule has 0 aromatic heterocycles. The molecule has 0 aliphatic rings. The van der Waals surface area contributed by atoms with Crippen molar-refractivity contribution in [2.24, 2.45) is 0 Å². The predicted octanol–water partition coefficient (Wildman–Crippen LogP) is 0.954. The fourth-order valence-corrected chi connectivity index (χ4v) is 0.875. The SMILES string of the molecule is C[N+](C)(C)c1ccccc1.O=[SH](=O)O. The fraction of sp³-hybridized carbons (Fsp3) is 0.333. The van der Waals surface area contributed by atoms with E-state index in [9.17, 15) is 0 Å². The Hall–Kier alpha value is -0.910. The first-order valence-corrected chi connectivity index (χ1v) is 5.17. The molecule has 1 aromatic rings. The van der Waals surface area contributed by atoms with Gasteiger partial charge in [0.05, 0.1) is 21.1 Å². The first-order valence-electron chi connectivity index (χ1n) is 4.04. The Labute approximate surface area is 86.2 Å². The molecule has 1 rings (SSSR count). The van der Waals surface area contributed by atoms with Gasteiger partial charge in [0.2, 0.25) is 0 Å². The van der Waals surface area contributed by atoms with Crippen LogP contribution in [0.4, 0.5) is 5.69 Å². The van der Waals surface area contributed by atoms with Gasteiger partial charge in [0, 0.05) is 0 Å². The Morgan fingerprint density at radius 1 is 1.07 bits per heavy atom. The lowest BCUT2D eigenvalue weighted by Crippen LogP contribution is -2.34. The minimum atomic E-state index is -3.12. The summed E-state index contributed by atoms with van der Waals surface area (Å²) in [4.78, 5) is 0. The van der Waals surface area contributed by atoms with Gasteiger partial charge in [-0.05, 0) is 12.1 Å². The van der Waals surface area contributed by atoms with Crippen LogP contribution in [0, 0.1) is 0 Å². The van der Waals surface area contributed by atoms with E-state index in [1.165, 1.54) is 5.69 Å². The molecule has 0 fully saturated rings. The first kappa shape index (κ1) is 13.1. The molecule has 0 amide bonds. The molecule has 1 aromatic carbocycles. The van der Waals surface area contributed by atoms with Crippen molar-refractivity contribution < 1.29 is 13.0 Å². The van der Waals surface area contributed by atoms with Gasteiger partial charge in [0.1, 0.15) is 5.69 Å². The van der Waals surface area contributed by atoms with Gasteiger partial charge in [-0.15, -0.1) is 0 Å². The minimum absolute atomic E-state index is 0.890. The van der Waals surface area contributed by atoms with Crippen LogP contribution < -0.4 is 4.48 Å². The van der Waals surface area contributed by atoms with E-state index in [1.807, 2.05) is 6.07 Å². The van der Waals surface area contributed by atoms with Gasteiger partial charge in [0.15, 0.2) is 0 Å². The van der Waals surface area contributed by atoms with Crippen LogP contribution in [0.5, 0.6) is 0 Å². The second-order valence-corrected chi connectivity index (χ2v) is 4.06. The summed E-state index contributed by atoms with van der Waals surface area (Å²) in [5, 5.41) is 0. The molecular weight excluding hydrogens is 202 g/mol. The normalized spacial score (nSPS) is 10.6. The summed E-state index contributed by atoms with van der Waals surface area (Å²) in [6.07, 6.45) is 0. The zero-order valence-corrected chi connectivity index (χ0v) is 9.44. The predicted molar refractivity (Wildman–Crippen MR) is 59.0 cm³/mol. The van der Waals surface area contributed by atoms with Crippen molar-refractivity contribution in [2.45, 2.75) is 0 Å². The highest BCUT2D eigenvalue weighted by molar-refractivity contribution is 7.66. The van der Waals surface area contributed by atoms with Gasteiger partial charge in [0.25, 0.3) is 11.0 Å². The third-order valence-electron chi connectivity index (χ3n) is 1.53. The number of hydrogen-bond acceptors (Lipinski definition) is 2. The maximum Gasteiger partial charge on any atom is 0.254 e. The summed E-state index contributed by atoms with van der Waals surface area (Å²) in [6, 6.07) is 10.5. The zero-order valence-electron chi connectivity index (χ0n) is 8.54. The molecule has 0 aliphatic heterocycles. The first-order chi connectivity index (χ1) is 6.34. The summed E-state index contributed by atoms with van der Waals surface area (Å²) < 4.78 is 25.1. The number of benzene rings is 1. The maximum atomic E-state index is 8.59. The van der Waals surface area contributed by atoms with E-state index < -0.39 is 11.0 Å². The minimum Gasteiger partial charge on any atom is -0.298 e. The van der Waals surface area contributed by atoms with Gasteiger partial charge >= 0.3 is 0 Å². The molecule has 0 atom stereocenters. The maximum absolute atomic E-state index is 8.59. The smallest absolute Gasteiger partial charge is 0.254 e. The number of nitrogens with zero attached hydrogens (tertiary/aromatic N) is 1. The summed E-state index contributed by atoms with van der Waals surface area (Å²) in [7, 11) is 3.37. The molecule has 0 bridgehead atoms. The van der Waals surface area contributed by atoms with E-state index in [2.05, 4.69) is 45.4 Å². The summed E-state index contributed by atoms with van der Waals surface area (Å²) in [5.74, 6) is 0. The van der Waals surface area contributed by atoms with Crippen LogP contribution in [0.15, 0.2) is 30.3 Å². The highest BCUT2D eigenvalue weighted by Gasteiger charge is 2.08. The highest BCUT2D eigenvalue weighted by Crippen LogP contribution is 2.14. The second-order valence-electron chi connectivity index (χ2n) is 3.59. The Bertz CT molecular complexity index is 320.